The average molecular weight is 191 g/mol. The number of esters is 1. The van der Waals surface area contributed by atoms with E-state index in [9.17, 15) is 9.59 Å². The molecule has 0 spiro atoms. The summed E-state index contributed by atoms with van der Waals surface area (Å²) in [6.07, 6.45) is 1.41. The van der Waals surface area contributed by atoms with E-state index in [1.807, 2.05) is 0 Å². The summed E-state index contributed by atoms with van der Waals surface area (Å²) in [6.45, 7) is 3.33. The van der Waals surface area contributed by atoms with E-state index in [4.69, 9.17) is 4.74 Å². The largest absolute Gasteiger partial charge is 0.424 e. The van der Waals surface area contributed by atoms with Crippen molar-refractivity contribution in [2.45, 2.75) is 13.8 Å². The van der Waals surface area contributed by atoms with Crippen LogP contribution in [0.5, 0.6) is 5.75 Å². The zero-order valence-electron chi connectivity index (χ0n) is 7.90. The van der Waals surface area contributed by atoms with Crippen molar-refractivity contribution in [3.05, 3.63) is 23.5 Å². The summed E-state index contributed by atoms with van der Waals surface area (Å²) in [7, 11) is 0. The Hall–Kier alpha value is -1.71. The highest BCUT2D eigenvalue weighted by atomic mass is 16.5. The normalized spacial score (nSPS) is 20.3. The molecule has 0 bridgehead atoms. The Morgan fingerprint density at radius 2 is 2.14 bits per heavy atom. The van der Waals surface area contributed by atoms with Crippen molar-refractivity contribution in [2.75, 3.05) is 0 Å². The number of hydrogen-bond acceptors (Lipinski definition) is 4. The molecule has 0 fully saturated rings. The molecule has 1 aliphatic rings. The zero-order valence-corrected chi connectivity index (χ0v) is 7.90. The molecule has 14 heavy (non-hydrogen) atoms. The Morgan fingerprint density at radius 1 is 1.43 bits per heavy atom. The average Bonchev–Trinajstić information content (AvgIpc) is 2.16. The summed E-state index contributed by atoms with van der Waals surface area (Å²) in [6, 6.07) is 1.64. The van der Waals surface area contributed by atoms with E-state index >= 15 is 0 Å². The molecule has 0 N–H and O–H groups in total. The van der Waals surface area contributed by atoms with E-state index in [-0.39, 0.29) is 11.5 Å². The molecule has 72 valence electrons. The van der Waals surface area contributed by atoms with Gasteiger partial charge in [-0.25, -0.2) is 0 Å². The first-order valence-electron chi connectivity index (χ1n) is 4.32. The minimum Gasteiger partial charge on any atom is -0.424 e. The summed E-state index contributed by atoms with van der Waals surface area (Å²) >= 11 is 0. The van der Waals surface area contributed by atoms with Crippen LogP contribution in [0.15, 0.2) is 12.3 Å². The van der Waals surface area contributed by atoms with Crippen molar-refractivity contribution in [1.82, 2.24) is 4.98 Å². The van der Waals surface area contributed by atoms with Crippen LogP contribution < -0.4 is 4.74 Å². The number of ketones is 1. The number of ether oxygens (including phenoxy) is 1. The molecule has 0 saturated carbocycles. The molecule has 4 heteroatoms. The Bertz CT molecular complexity index is 425. The van der Waals surface area contributed by atoms with Crippen molar-refractivity contribution in [2.24, 2.45) is 5.92 Å². The molecule has 0 aliphatic carbocycles. The van der Waals surface area contributed by atoms with Crippen LogP contribution in [-0.4, -0.2) is 16.7 Å². The van der Waals surface area contributed by atoms with E-state index < -0.39 is 11.9 Å². The number of hydrogen-bond donors (Lipinski definition) is 0. The molecule has 0 saturated heterocycles. The molecular weight excluding hydrogens is 182 g/mol. The molecule has 1 aliphatic heterocycles. The molecule has 0 radical (unpaired) electrons. The number of fused-ring (bicyclic) bond motifs is 1. The first-order valence-corrected chi connectivity index (χ1v) is 4.32. The van der Waals surface area contributed by atoms with Crippen LogP contribution in [0.1, 0.15) is 23.0 Å². The molecule has 4 nitrogen and oxygen atoms in total. The summed E-state index contributed by atoms with van der Waals surface area (Å²) in [5, 5.41) is 0. The predicted octanol–water partition coefficient (Wildman–Crippen LogP) is 1.13. The van der Waals surface area contributed by atoms with Gasteiger partial charge in [-0.1, -0.05) is 0 Å². The second kappa shape index (κ2) is 2.90. The Kier molecular flexibility index (Phi) is 1.84. The van der Waals surface area contributed by atoms with Crippen molar-refractivity contribution >= 4 is 11.8 Å². The lowest BCUT2D eigenvalue weighted by Crippen LogP contribution is -2.31. The van der Waals surface area contributed by atoms with Gasteiger partial charge in [0.1, 0.15) is 5.92 Å². The van der Waals surface area contributed by atoms with Gasteiger partial charge in [-0.3, -0.25) is 14.6 Å². The van der Waals surface area contributed by atoms with Crippen LogP contribution in [0.3, 0.4) is 0 Å². The maximum atomic E-state index is 11.7. The van der Waals surface area contributed by atoms with Crippen molar-refractivity contribution < 1.29 is 14.3 Å². The summed E-state index contributed by atoms with van der Waals surface area (Å²) in [5.41, 5.74) is 1.19. The quantitative estimate of drug-likeness (QED) is 0.455. The maximum absolute atomic E-state index is 11.7. The second-order valence-electron chi connectivity index (χ2n) is 3.33. The molecule has 2 rings (SSSR count). The van der Waals surface area contributed by atoms with E-state index in [0.29, 0.717) is 5.56 Å². The number of Topliss-reactive ketones (excluding diaryl/α,β-unsaturated/α-hetero) is 1. The number of carbonyl (C=O) groups is 2. The second-order valence-corrected chi connectivity index (χ2v) is 3.33. The van der Waals surface area contributed by atoms with Gasteiger partial charge in [0.15, 0.2) is 11.5 Å². The van der Waals surface area contributed by atoms with Crippen LogP contribution in [0.25, 0.3) is 0 Å². The van der Waals surface area contributed by atoms with Crippen molar-refractivity contribution in [3.63, 3.8) is 0 Å². The highest BCUT2D eigenvalue weighted by Crippen LogP contribution is 2.27. The van der Waals surface area contributed by atoms with Crippen molar-refractivity contribution in [3.8, 4) is 5.75 Å². The Labute approximate surface area is 80.9 Å². The summed E-state index contributed by atoms with van der Waals surface area (Å²) in [4.78, 5) is 26.8. The highest BCUT2D eigenvalue weighted by molar-refractivity contribution is 6.12. The fourth-order valence-corrected chi connectivity index (χ4v) is 1.36. The standard InChI is InChI=1S/C10H9NO3/c1-5-3-7-8(4-11-5)14-10(13)6(2)9(7)12/h3-4,6H,1-2H3. The number of aromatic nitrogens is 1. The van der Waals surface area contributed by atoms with Gasteiger partial charge in [0.25, 0.3) is 0 Å². The van der Waals surface area contributed by atoms with E-state index in [1.54, 1.807) is 19.9 Å². The Morgan fingerprint density at radius 3 is 2.86 bits per heavy atom. The maximum Gasteiger partial charge on any atom is 0.322 e. The number of rotatable bonds is 0. The fraction of sp³-hybridized carbons (Fsp3) is 0.300. The van der Waals surface area contributed by atoms with E-state index in [0.717, 1.165) is 5.69 Å². The van der Waals surface area contributed by atoms with Crippen LogP contribution in [-0.2, 0) is 4.79 Å². The van der Waals surface area contributed by atoms with Gasteiger partial charge in [0, 0.05) is 5.69 Å². The lowest BCUT2D eigenvalue weighted by Gasteiger charge is -2.18. The molecule has 1 unspecified atom stereocenters. The highest BCUT2D eigenvalue weighted by Gasteiger charge is 2.32. The number of nitrogens with zero attached hydrogens (tertiary/aromatic N) is 1. The van der Waals surface area contributed by atoms with Crippen LogP contribution in [0.4, 0.5) is 0 Å². The molecule has 0 amide bonds. The number of carbonyl (C=O) groups excluding carboxylic acids is 2. The van der Waals surface area contributed by atoms with Crippen LogP contribution in [0, 0.1) is 12.8 Å². The van der Waals surface area contributed by atoms with Gasteiger partial charge >= 0.3 is 5.97 Å². The van der Waals surface area contributed by atoms with Gasteiger partial charge in [-0.15, -0.1) is 0 Å². The first kappa shape index (κ1) is 8.87. The van der Waals surface area contributed by atoms with E-state index in [1.165, 1.54) is 6.20 Å². The van der Waals surface area contributed by atoms with Gasteiger partial charge in [-0.2, -0.15) is 0 Å². The monoisotopic (exact) mass is 191 g/mol. The predicted molar refractivity (Wildman–Crippen MR) is 48.1 cm³/mol. The van der Waals surface area contributed by atoms with E-state index in [2.05, 4.69) is 4.98 Å². The lowest BCUT2D eigenvalue weighted by molar-refractivity contribution is -0.137. The number of pyridine rings is 1. The fourth-order valence-electron chi connectivity index (χ4n) is 1.36. The van der Waals surface area contributed by atoms with Crippen molar-refractivity contribution in [1.29, 1.82) is 0 Å². The zero-order chi connectivity index (χ0) is 10.3. The van der Waals surface area contributed by atoms with Crippen LogP contribution in [0.2, 0.25) is 0 Å². The third-order valence-corrected chi connectivity index (χ3v) is 2.23. The molecule has 1 aromatic rings. The molecular formula is C10H9NO3. The lowest BCUT2D eigenvalue weighted by atomic mass is 9.97. The molecule has 2 heterocycles. The molecule has 1 atom stereocenters. The van der Waals surface area contributed by atoms with Gasteiger partial charge in [0.2, 0.25) is 0 Å². The third kappa shape index (κ3) is 1.19. The smallest absolute Gasteiger partial charge is 0.322 e. The molecule has 0 aromatic carbocycles. The van der Waals surface area contributed by atoms with Gasteiger partial charge in [-0.05, 0) is 19.9 Å². The van der Waals surface area contributed by atoms with Gasteiger partial charge < -0.3 is 4.74 Å². The van der Waals surface area contributed by atoms with Gasteiger partial charge in [0.05, 0.1) is 11.8 Å². The summed E-state index contributed by atoms with van der Waals surface area (Å²) in [5.74, 6) is -1.14. The third-order valence-electron chi connectivity index (χ3n) is 2.23. The minimum atomic E-state index is -0.704. The topological polar surface area (TPSA) is 56.3 Å². The number of aryl methyl sites for hydroxylation is 1. The minimum absolute atomic E-state index is 0.193. The SMILES string of the molecule is Cc1cc2c(cn1)OC(=O)C(C)C2=O. The first-order chi connectivity index (χ1) is 6.59. The molecule has 1 aromatic heterocycles. The summed E-state index contributed by atoms with van der Waals surface area (Å²) < 4.78 is 4.95. The Balaban J connectivity index is 2.57. The van der Waals surface area contributed by atoms with Crippen LogP contribution >= 0.6 is 0 Å².